The van der Waals surface area contributed by atoms with Gasteiger partial charge >= 0.3 is 0 Å². The van der Waals surface area contributed by atoms with Crippen molar-refractivity contribution in [2.75, 3.05) is 32.8 Å². The van der Waals surface area contributed by atoms with Gasteiger partial charge in [0.2, 0.25) is 5.91 Å². The lowest BCUT2D eigenvalue weighted by molar-refractivity contribution is -0.130. The molecule has 2 rings (SSSR count). The van der Waals surface area contributed by atoms with Crippen LogP contribution in [0.25, 0.3) is 0 Å². The minimum Gasteiger partial charge on any atom is -0.368 e. The second-order valence-corrected chi connectivity index (χ2v) is 5.56. The van der Waals surface area contributed by atoms with Crippen LogP contribution in [0.15, 0.2) is 12.2 Å². The third-order valence-corrected chi connectivity index (χ3v) is 4.09. The SMILES string of the molecule is C/C=C/CN1CCC(CNC(=O)[C@H]2CCCO2)CC1. The molecule has 2 aliphatic heterocycles. The molecule has 2 heterocycles. The van der Waals surface area contributed by atoms with Gasteiger partial charge in [-0.15, -0.1) is 0 Å². The number of piperidine rings is 1. The number of carbonyl (C=O) groups is 1. The molecule has 4 nitrogen and oxygen atoms in total. The maximum Gasteiger partial charge on any atom is 0.249 e. The molecule has 1 N–H and O–H groups in total. The number of hydrogen-bond acceptors (Lipinski definition) is 3. The topological polar surface area (TPSA) is 41.6 Å². The van der Waals surface area contributed by atoms with E-state index in [2.05, 4.69) is 29.3 Å². The molecule has 0 saturated carbocycles. The molecule has 0 radical (unpaired) electrons. The van der Waals surface area contributed by atoms with Crippen molar-refractivity contribution in [1.82, 2.24) is 10.2 Å². The molecule has 1 amide bonds. The first-order valence-electron chi connectivity index (χ1n) is 7.52. The lowest BCUT2D eigenvalue weighted by atomic mass is 9.96. The van der Waals surface area contributed by atoms with E-state index < -0.39 is 0 Å². The molecule has 0 aromatic rings. The van der Waals surface area contributed by atoms with Crippen LogP contribution in [0.5, 0.6) is 0 Å². The third kappa shape index (κ3) is 4.62. The molecule has 0 spiro atoms. The first kappa shape index (κ1) is 14.5. The predicted molar refractivity (Wildman–Crippen MR) is 76.0 cm³/mol. The Hall–Kier alpha value is -0.870. The number of rotatable bonds is 5. The fourth-order valence-corrected chi connectivity index (χ4v) is 2.77. The molecule has 0 unspecified atom stereocenters. The van der Waals surface area contributed by atoms with Crippen molar-refractivity contribution in [3.05, 3.63) is 12.2 Å². The van der Waals surface area contributed by atoms with Crippen molar-refractivity contribution in [3.63, 3.8) is 0 Å². The molecule has 2 saturated heterocycles. The molecule has 2 fully saturated rings. The van der Waals surface area contributed by atoms with Gasteiger partial charge in [-0.3, -0.25) is 9.69 Å². The van der Waals surface area contributed by atoms with Crippen molar-refractivity contribution < 1.29 is 9.53 Å². The average Bonchev–Trinajstić information content (AvgIpc) is 2.98. The van der Waals surface area contributed by atoms with Crippen LogP contribution in [0.4, 0.5) is 0 Å². The van der Waals surface area contributed by atoms with Gasteiger partial charge in [-0.05, 0) is 51.6 Å². The van der Waals surface area contributed by atoms with Crippen LogP contribution < -0.4 is 5.32 Å². The Kier molecular flexibility index (Phi) is 5.86. The maximum atomic E-state index is 11.8. The summed E-state index contributed by atoms with van der Waals surface area (Å²) in [7, 11) is 0. The fraction of sp³-hybridized carbons (Fsp3) is 0.800. The Morgan fingerprint density at radius 3 is 2.79 bits per heavy atom. The van der Waals surface area contributed by atoms with E-state index in [1.807, 2.05) is 0 Å². The van der Waals surface area contributed by atoms with Crippen LogP contribution in [-0.4, -0.2) is 49.7 Å². The number of allylic oxidation sites excluding steroid dienone is 1. The largest absolute Gasteiger partial charge is 0.368 e. The molecule has 19 heavy (non-hydrogen) atoms. The van der Waals surface area contributed by atoms with E-state index in [1.165, 1.54) is 12.8 Å². The van der Waals surface area contributed by atoms with Crippen molar-refractivity contribution in [2.45, 2.75) is 38.7 Å². The van der Waals surface area contributed by atoms with Crippen molar-refractivity contribution in [2.24, 2.45) is 5.92 Å². The van der Waals surface area contributed by atoms with Crippen LogP contribution in [0, 0.1) is 5.92 Å². The van der Waals surface area contributed by atoms with E-state index in [0.29, 0.717) is 5.92 Å². The maximum absolute atomic E-state index is 11.8. The summed E-state index contributed by atoms with van der Waals surface area (Å²) in [5.41, 5.74) is 0. The summed E-state index contributed by atoms with van der Waals surface area (Å²) in [6.45, 7) is 6.96. The smallest absolute Gasteiger partial charge is 0.249 e. The number of nitrogens with one attached hydrogen (secondary N) is 1. The van der Waals surface area contributed by atoms with E-state index >= 15 is 0 Å². The number of carbonyl (C=O) groups excluding carboxylic acids is 1. The first-order valence-corrected chi connectivity index (χ1v) is 7.52. The van der Waals surface area contributed by atoms with Gasteiger partial charge in [0.05, 0.1) is 0 Å². The van der Waals surface area contributed by atoms with Crippen LogP contribution in [0.1, 0.15) is 32.6 Å². The van der Waals surface area contributed by atoms with E-state index in [9.17, 15) is 4.79 Å². The summed E-state index contributed by atoms with van der Waals surface area (Å²) in [5.74, 6) is 0.723. The van der Waals surface area contributed by atoms with Crippen LogP contribution in [-0.2, 0) is 9.53 Å². The van der Waals surface area contributed by atoms with Gasteiger partial charge in [0, 0.05) is 19.7 Å². The summed E-state index contributed by atoms with van der Waals surface area (Å²) in [4.78, 5) is 14.3. The molecule has 4 heteroatoms. The summed E-state index contributed by atoms with van der Waals surface area (Å²) >= 11 is 0. The van der Waals surface area contributed by atoms with Gasteiger partial charge in [-0.2, -0.15) is 0 Å². The summed E-state index contributed by atoms with van der Waals surface area (Å²) in [6.07, 6.45) is 8.39. The molecule has 1 atom stereocenters. The van der Waals surface area contributed by atoms with Gasteiger partial charge in [0.1, 0.15) is 6.10 Å². The van der Waals surface area contributed by atoms with Crippen LogP contribution >= 0.6 is 0 Å². The fourth-order valence-electron chi connectivity index (χ4n) is 2.77. The summed E-state index contributed by atoms with van der Waals surface area (Å²) < 4.78 is 5.39. The van der Waals surface area contributed by atoms with Gasteiger partial charge in [-0.1, -0.05) is 12.2 Å². The summed E-state index contributed by atoms with van der Waals surface area (Å²) in [5, 5.41) is 3.06. The molecule has 0 aliphatic carbocycles. The number of ether oxygens (including phenoxy) is 1. The molecule has 2 aliphatic rings. The number of likely N-dealkylation sites (tertiary alicyclic amines) is 1. The van der Waals surface area contributed by atoms with Gasteiger partial charge in [0.25, 0.3) is 0 Å². The second-order valence-electron chi connectivity index (χ2n) is 5.56. The zero-order valence-corrected chi connectivity index (χ0v) is 11.9. The predicted octanol–water partition coefficient (Wildman–Crippen LogP) is 1.57. The van der Waals surface area contributed by atoms with Crippen molar-refractivity contribution in [1.29, 1.82) is 0 Å². The normalized spacial score (nSPS) is 26.1. The van der Waals surface area contributed by atoms with Gasteiger partial charge in [-0.25, -0.2) is 0 Å². The molecule has 0 bridgehead atoms. The Morgan fingerprint density at radius 2 is 2.16 bits per heavy atom. The highest BCUT2D eigenvalue weighted by molar-refractivity contribution is 5.80. The Bertz CT molecular complexity index is 303. The van der Waals surface area contributed by atoms with Crippen molar-refractivity contribution in [3.8, 4) is 0 Å². The quantitative estimate of drug-likeness (QED) is 0.768. The standard InChI is InChI=1S/C15H26N2O2/c1-2-3-8-17-9-6-13(7-10-17)12-16-15(18)14-5-4-11-19-14/h2-3,13-14H,4-12H2,1H3,(H,16,18)/b3-2+/t14-/m1/s1. The Labute approximate surface area is 116 Å². The lowest BCUT2D eigenvalue weighted by Crippen LogP contribution is -2.41. The molecule has 108 valence electrons. The van der Waals surface area contributed by atoms with Crippen molar-refractivity contribution >= 4 is 5.91 Å². The molecular formula is C15H26N2O2. The zero-order chi connectivity index (χ0) is 13.5. The minimum atomic E-state index is -0.185. The highest BCUT2D eigenvalue weighted by atomic mass is 16.5. The minimum absolute atomic E-state index is 0.0915. The Morgan fingerprint density at radius 1 is 1.37 bits per heavy atom. The molecule has 0 aromatic heterocycles. The first-order chi connectivity index (χ1) is 9.29. The number of nitrogens with zero attached hydrogens (tertiary/aromatic N) is 1. The molecule has 0 aromatic carbocycles. The van der Waals surface area contributed by atoms with Crippen LogP contribution in [0.2, 0.25) is 0 Å². The van der Waals surface area contributed by atoms with E-state index in [1.54, 1.807) is 0 Å². The average molecular weight is 266 g/mol. The third-order valence-electron chi connectivity index (χ3n) is 4.09. The van der Waals surface area contributed by atoms with E-state index in [0.717, 1.165) is 45.6 Å². The summed E-state index contributed by atoms with van der Waals surface area (Å²) in [6, 6.07) is 0. The highest BCUT2D eigenvalue weighted by Gasteiger charge is 2.25. The zero-order valence-electron chi connectivity index (χ0n) is 11.9. The van der Waals surface area contributed by atoms with Gasteiger partial charge in [0.15, 0.2) is 0 Å². The number of amides is 1. The van der Waals surface area contributed by atoms with Gasteiger partial charge < -0.3 is 10.1 Å². The lowest BCUT2D eigenvalue weighted by Gasteiger charge is -2.31. The van der Waals surface area contributed by atoms with E-state index in [4.69, 9.17) is 4.74 Å². The van der Waals surface area contributed by atoms with E-state index in [-0.39, 0.29) is 12.0 Å². The number of hydrogen-bond donors (Lipinski definition) is 1. The molecular weight excluding hydrogens is 240 g/mol. The highest BCUT2D eigenvalue weighted by Crippen LogP contribution is 2.17. The Balaban J connectivity index is 1.61. The monoisotopic (exact) mass is 266 g/mol. The van der Waals surface area contributed by atoms with Crippen LogP contribution in [0.3, 0.4) is 0 Å². The second kappa shape index (κ2) is 7.65.